The smallest absolute Gasteiger partial charge is 0.277 e. The summed E-state index contributed by atoms with van der Waals surface area (Å²) in [6.45, 7) is 0.848. The highest BCUT2D eigenvalue weighted by atomic mass is 16.5. The lowest BCUT2D eigenvalue weighted by Gasteiger charge is -2.06. The second-order valence-corrected chi connectivity index (χ2v) is 5.73. The van der Waals surface area contributed by atoms with Gasteiger partial charge in [-0.25, -0.2) is 5.43 Å². The van der Waals surface area contributed by atoms with Gasteiger partial charge in [-0.05, 0) is 35.0 Å². The fourth-order valence-electron chi connectivity index (χ4n) is 2.91. The minimum absolute atomic E-state index is 0.0594. The van der Waals surface area contributed by atoms with Crippen molar-refractivity contribution in [2.24, 2.45) is 5.10 Å². The molecule has 0 saturated carbocycles. The maximum Gasteiger partial charge on any atom is 0.277 e. The van der Waals surface area contributed by atoms with Gasteiger partial charge in [0.25, 0.3) is 5.91 Å². The topological polar surface area (TPSA) is 55.6 Å². The first-order chi connectivity index (χ1) is 11.8. The van der Waals surface area contributed by atoms with Crippen LogP contribution in [0.5, 0.6) is 5.75 Å². The van der Waals surface area contributed by atoms with Gasteiger partial charge in [-0.3, -0.25) is 4.79 Å². The van der Waals surface area contributed by atoms with Crippen LogP contribution in [0.1, 0.15) is 12.1 Å². The number of benzene rings is 2. The molecule has 2 heterocycles. The van der Waals surface area contributed by atoms with Crippen LogP contribution in [0.2, 0.25) is 0 Å². The van der Waals surface area contributed by atoms with Crippen LogP contribution in [0.15, 0.2) is 65.9 Å². The van der Waals surface area contributed by atoms with Crippen molar-refractivity contribution in [1.29, 1.82) is 0 Å². The summed E-state index contributed by atoms with van der Waals surface area (Å²) in [4.78, 5) is 11.9. The van der Waals surface area contributed by atoms with Crippen LogP contribution in [0.25, 0.3) is 10.8 Å². The van der Waals surface area contributed by atoms with Crippen LogP contribution in [0, 0.1) is 0 Å². The van der Waals surface area contributed by atoms with Gasteiger partial charge in [-0.1, -0.05) is 30.3 Å². The Morgan fingerprint density at radius 1 is 1.12 bits per heavy atom. The van der Waals surface area contributed by atoms with E-state index in [1.807, 2.05) is 60.8 Å². The minimum Gasteiger partial charge on any atom is -0.484 e. The van der Waals surface area contributed by atoms with Gasteiger partial charge >= 0.3 is 0 Å². The van der Waals surface area contributed by atoms with E-state index in [1.165, 1.54) is 0 Å². The average Bonchev–Trinajstić information content (AvgIpc) is 3.22. The molecule has 5 heteroatoms. The van der Waals surface area contributed by atoms with Gasteiger partial charge < -0.3 is 9.30 Å². The predicted octanol–water partition coefficient (Wildman–Crippen LogP) is 2.94. The predicted molar refractivity (Wildman–Crippen MR) is 93.2 cm³/mol. The molecular weight excluding hydrogens is 302 g/mol. The molecule has 5 nitrogen and oxygen atoms in total. The van der Waals surface area contributed by atoms with Crippen LogP contribution < -0.4 is 10.2 Å². The highest BCUT2D eigenvalue weighted by Gasteiger charge is 2.16. The quantitative estimate of drug-likeness (QED) is 0.752. The number of carbonyl (C=O) groups excluding carboxylic acids is 1. The van der Waals surface area contributed by atoms with Gasteiger partial charge in [0.15, 0.2) is 6.61 Å². The Morgan fingerprint density at radius 3 is 2.92 bits per heavy atom. The van der Waals surface area contributed by atoms with E-state index in [-0.39, 0.29) is 12.5 Å². The first-order valence-corrected chi connectivity index (χ1v) is 7.92. The summed E-state index contributed by atoms with van der Waals surface area (Å²) in [5, 5.41) is 6.44. The van der Waals surface area contributed by atoms with Crippen molar-refractivity contribution in [3.8, 4) is 5.75 Å². The number of fused-ring (bicyclic) bond motifs is 2. The molecule has 120 valence electrons. The van der Waals surface area contributed by atoms with E-state index in [4.69, 9.17) is 4.74 Å². The molecule has 0 spiro atoms. The number of rotatable bonds is 4. The third kappa shape index (κ3) is 2.88. The number of aromatic nitrogens is 1. The molecule has 0 atom stereocenters. The molecule has 3 aromatic rings. The van der Waals surface area contributed by atoms with Gasteiger partial charge in [-0.15, -0.1) is 0 Å². The van der Waals surface area contributed by atoms with Crippen LogP contribution in [0.4, 0.5) is 0 Å². The number of hydrogen-bond donors (Lipinski definition) is 1. The monoisotopic (exact) mass is 319 g/mol. The summed E-state index contributed by atoms with van der Waals surface area (Å²) in [6.07, 6.45) is 2.85. The first kappa shape index (κ1) is 14.5. The molecule has 0 saturated heterocycles. The molecular formula is C19H17N3O2. The zero-order chi connectivity index (χ0) is 16.4. The third-order valence-electron chi connectivity index (χ3n) is 4.12. The Balaban J connectivity index is 1.36. The van der Waals surface area contributed by atoms with Crippen molar-refractivity contribution in [3.63, 3.8) is 0 Å². The Morgan fingerprint density at radius 2 is 2.00 bits per heavy atom. The van der Waals surface area contributed by atoms with Crippen LogP contribution in [-0.4, -0.2) is 22.8 Å². The summed E-state index contributed by atoms with van der Waals surface area (Å²) in [6, 6.07) is 17.8. The standard InChI is InChI=1S/C19H17N3O2/c23-19(21-20-17-9-11-22-10-3-6-18(17)22)13-24-16-8-7-14-4-1-2-5-15(14)12-16/h1-8,10,12H,9,11,13H2,(H,21,23). The highest BCUT2D eigenvalue weighted by molar-refractivity contribution is 6.01. The minimum atomic E-state index is -0.263. The van der Waals surface area contributed by atoms with E-state index in [0.717, 1.165) is 35.1 Å². The number of amides is 1. The molecule has 2 aromatic carbocycles. The normalized spacial score (nSPS) is 14.8. The number of aryl methyl sites for hydroxylation is 1. The number of nitrogens with zero attached hydrogens (tertiary/aromatic N) is 2. The molecule has 24 heavy (non-hydrogen) atoms. The van der Waals surface area contributed by atoms with Crippen molar-refractivity contribution in [3.05, 3.63) is 66.5 Å². The molecule has 0 unspecified atom stereocenters. The van der Waals surface area contributed by atoms with Gasteiger partial charge in [0.2, 0.25) is 0 Å². The Hall–Kier alpha value is -3.08. The molecule has 0 bridgehead atoms. The molecule has 0 aliphatic carbocycles. The van der Waals surface area contributed by atoms with E-state index in [9.17, 15) is 4.79 Å². The van der Waals surface area contributed by atoms with Gasteiger partial charge in [-0.2, -0.15) is 5.10 Å². The molecule has 1 aromatic heterocycles. The van der Waals surface area contributed by atoms with Crippen LogP contribution >= 0.6 is 0 Å². The van der Waals surface area contributed by atoms with Crippen LogP contribution in [-0.2, 0) is 11.3 Å². The van der Waals surface area contributed by atoms with Crippen molar-refractivity contribution < 1.29 is 9.53 Å². The summed E-state index contributed by atoms with van der Waals surface area (Å²) in [5.41, 5.74) is 4.54. The van der Waals surface area contributed by atoms with Gasteiger partial charge in [0.1, 0.15) is 5.75 Å². The van der Waals surface area contributed by atoms with Gasteiger partial charge in [0.05, 0.1) is 11.4 Å². The zero-order valence-electron chi connectivity index (χ0n) is 13.1. The Labute approximate surface area is 139 Å². The second kappa shape index (κ2) is 6.20. The molecule has 1 aliphatic rings. The van der Waals surface area contributed by atoms with Crippen molar-refractivity contribution in [2.75, 3.05) is 6.61 Å². The van der Waals surface area contributed by atoms with E-state index in [0.29, 0.717) is 5.75 Å². The fraction of sp³-hybridized carbons (Fsp3) is 0.158. The van der Waals surface area contributed by atoms with E-state index in [1.54, 1.807) is 0 Å². The zero-order valence-corrected chi connectivity index (χ0v) is 13.1. The van der Waals surface area contributed by atoms with E-state index >= 15 is 0 Å². The Bertz CT molecular complexity index is 927. The molecule has 1 amide bonds. The summed E-state index contributed by atoms with van der Waals surface area (Å²) in [7, 11) is 0. The Kier molecular flexibility index (Phi) is 3.75. The SMILES string of the molecule is O=C(COc1ccc2ccccc2c1)NN=C1CCn2cccc21. The lowest BCUT2D eigenvalue weighted by molar-refractivity contribution is -0.123. The van der Waals surface area contributed by atoms with E-state index in [2.05, 4.69) is 15.1 Å². The lowest BCUT2D eigenvalue weighted by atomic mass is 10.1. The third-order valence-corrected chi connectivity index (χ3v) is 4.12. The van der Waals surface area contributed by atoms with Gasteiger partial charge in [0, 0.05) is 19.2 Å². The summed E-state index contributed by atoms with van der Waals surface area (Å²) >= 11 is 0. The average molecular weight is 319 g/mol. The van der Waals surface area contributed by atoms with Crippen LogP contribution in [0.3, 0.4) is 0 Å². The summed E-state index contributed by atoms with van der Waals surface area (Å²) in [5.74, 6) is 0.409. The highest BCUT2D eigenvalue weighted by Crippen LogP contribution is 2.20. The number of hydrazone groups is 1. The van der Waals surface area contributed by atoms with E-state index < -0.39 is 0 Å². The fourth-order valence-corrected chi connectivity index (χ4v) is 2.91. The number of nitrogens with one attached hydrogen (secondary N) is 1. The van der Waals surface area contributed by atoms with Crippen molar-refractivity contribution in [2.45, 2.75) is 13.0 Å². The maximum absolute atomic E-state index is 11.9. The lowest BCUT2D eigenvalue weighted by Crippen LogP contribution is -2.25. The van der Waals surface area contributed by atoms with Crippen molar-refractivity contribution >= 4 is 22.4 Å². The molecule has 4 rings (SSSR count). The molecule has 0 radical (unpaired) electrons. The largest absolute Gasteiger partial charge is 0.484 e. The molecule has 1 N–H and O–H groups in total. The first-order valence-electron chi connectivity index (χ1n) is 7.92. The number of carbonyl (C=O) groups is 1. The molecule has 0 fully saturated rings. The summed E-state index contributed by atoms with van der Waals surface area (Å²) < 4.78 is 7.68. The van der Waals surface area contributed by atoms with Crippen molar-refractivity contribution in [1.82, 2.24) is 9.99 Å². The number of hydrogen-bond acceptors (Lipinski definition) is 3. The molecule has 1 aliphatic heterocycles. The second-order valence-electron chi connectivity index (χ2n) is 5.73. The number of ether oxygens (including phenoxy) is 1. The maximum atomic E-state index is 11.9.